The molecule has 62 valence electrons. The van der Waals surface area contributed by atoms with Gasteiger partial charge in [-0.2, -0.15) is 5.43 Å². The second-order valence-corrected chi connectivity index (χ2v) is 1.95. The largest absolute Gasteiger partial charge is 0.464 e. The third-order valence-electron chi connectivity index (χ3n) is 1.07. The van der Waals surface area contributed by atoms with Crippen LogP contribution in [0.4, 0.5) is 10.5 Å². The van der Waals surface area contributed by atoms with Gasteiger partial charge in [-0.1, -0.05) is 23.4 Å². The molecule has 0 radical (unpaired) electrons. The van der Waals surface area contributed by atoms with Crippen LogP contribution in [-0.2, 0) is 0 Å². The van der Waals surface area contributed by atoms with Crippen molar-refractivity contribution in [2.45, 2.75) is 0 Å². The maximum absolute atomic E-state index is 9.92. The Morgan fingerprint density at radius 2 is 2.00 bits per heavy atom. The van der Waals surface area contributed by atoms with E-state index in [4.69, 9.17) is 5.11 Å². The quantitative estimate of drug-likeness (QED) is 0.519. The smallest absolute Gasteiger partial charge is 0.426 e. The molecule has 1 aromatic rings. The van der Waals surface area contributed by atoms with Gasteiger partial charge in [0.2, 0.25) is 0 Å². The van der Waals surface area contributed by atoms with Gasteiger partial charge in [0.1, 0.15) is 0 Å². The second kappa shape index (κ2) is 4.07. The number of nitrogens with zero attached hydrogens (tertiary/aromatic N) is 2. The van der Waals surface area contributed by atoms with Crippen LogP contribution in [0.5, 0.6) is 0 Å². The van der Waals surface area contributed by atoms with E-state index in [0.717, 1.165) is 0 Å². The average molecular weight is 165 g/mol. The molecule has 12 heavy (non-hydrogen) atoms. The van der Waals surface area contributed by atoms with Crippen LogP contribution in [0, 0.1) is 0 Å². The first kappa shape index (κ1) is 8.19. The maximum Gasteiger partial charge on any atom is 0.426 e. The van der Waals surface area contributed by atoms with E-state index in [2.05, 4.69) is 10.3 Å². The van der Waals surface area contributed by atoms with Gasteiger partial charge in [0, 0.05) is 0 Å². The first-order chi connectivity index (χ1) is 5.79. The lowest BCUT2D eigenvalue weighted by Gasteiger charge is -1.89. The zero-order valence-electron chi connectivity index (χ0n) is 6.14. The van der Waals surface area contributed by atoms with Gasteiger partial charge in [-0.3, -0.25) is 0 Å². The molecule has 0 spiro atoms. The summed E-state index contributed by atoms with van der Waals surface area (Å²) in [6.07, 6.45) is -1.23. The zero-order valence-corrected chi connectivity index (χ0v) is 6.14. The van der Waals surface area contributed by atoms with Crippen LogP contribution >= 0.6 is 0 Å². The van der Waals surface area contributed by atoms with Gasteiger partial charge in [-0.15, -0.1) is 5.11 Å². The summed E-state index contributed by atoms with van der Waals surface area (Å²) in [5.41, 5.74) is 2.37. The second-order valence-electron chi connectivity index (χ2n) is 1.95. The number of amides is 1. The number of rotatable bonds is 2. The minimum absolute atomic E-state index is 0.603. The van der Waals surface area contributed by atoms with E-state index >= 15 is 0 Å². The Balaban J connectivity index is 2.52. The first-order valence-corrected chi connectivity index (χ1v) is 3.24. The summed E-state index contributed by atoms with van der Waals surface area (Å²) in [5.74, 6) is 0. The summed E-state index contributed by atoms with van der Waals surface area (Å²) in [6.45, 7) is 0. The predicted molar refractivity (Wildman–Crippen MR) is 42.1 cm³/mol. The molecule has 0 atom stereocenters. The van der Waals surface area contributed by atoms with Crippen LogP contribution in [-0.4, -0.2) is 11.2 Å². The van der Waals surface area contributed by atoms with E-state index in [1.54, 1.807) is 29.7 Å². The molecule has 0 bridgehead atoms. The Morgan fingerprint density at radius 3 is 2.58 bits per heavy atom. The molecular formula is C7H7N3O2. The molecule has 0 aliphatic carbocycles. The number of carboxylic acid groups (broad SMARTS) is 1. The lowest BCUT2D eigenvalue weighted by Crippen LogP contribution is -2.12. The minimum Gasteiger partial charge on any atom is -0.464 e. The average Bonchev–Trinajstić information content (AvgIpc) is 2.05. The van der Waals surface area contributed by atoms with Crippen molar-refractivity contribution in [2.75, 3.05) is 0 Å². The molecule has 0 saturated heterocycles. The van der Waals surface area contributed by atoms with Crippen molar-refractivity contribution in [1.29, 1.82) is 0 Å². The van der Waals surface area contributed by atoms with E-state index in [9.17, 15) is 4.79 Å². The Bertz CT molecular complexity index is 284. The van der Waals surface area contributed by atoms with Crippen molar-refractivity contribution in [3.8, 4) is 0 Å². The van der Waals surface area contributed by atoms with E-state index in [0.29, 0.717) is 5.69 Å². The molecule has 0 fully saturated rings. The van der Waals surface area contributed by atoms with E-state index < -0.39 is 6.09 Å². The standard InChI is InChI=1S/C7H7N3O2/c11-7(12)9-10-8-6-4-2-1-3-5-6/h1-5H,(H,8,9)(H,11,12). The fourth-order valence-corrected chi connectivity index (χ4v) is 0.620. The summed E-state index contributed by atoms with van der Waals surface area (Å²) >= 11 is 0. The molecule has 1 amide bonds. The molecule has 1 rings (SSSR count). The third-order valence-corrected chi connectivity index (χ3v) is 1.07. The fourth-order valence-electron chi connectivity index (χ4n) is 0.620. The normalized spacial score (nSPS) is 10.0. The van der Waals surface area contributed by atoms with Crippen molar-refractivity contribution < 1.29 is 9.90 Å². The molecule has 0 aromatic heterocycles. The fraction of sp³-hybridized carbons (Fsp3) is 0. The lowest BCUT2D eigenvalue weighted by molar-refractivity contribution is 0.194. The zero-order chi connectivity index (χ0) is 8.81. The molecule has 0 saturated carbocycles. The summed E-state index contributed by atoms with van der Waals surface area (Å²) < 4.78 is 0. The summed E-state index contributed by atoms with van der Waals surface area (Å²) in [5, 5.41) is 14.9. The predicted octanol–water partition coefficient (Wildman–Crippen LogP) is 1.95. The van der Waals surface area contributed by atoms with Crippen molar-refractivity contribution in [3.63, 3.8) is 0 Å². The molecule has 5 heteroatoms. The van der Waals surface area contributed by atoms with Gasteiger partial charge in [-0.25, -0.2) is 4.79 Å². The Hall–Kier alpha value is -1.91. The van der Waals surface area contributed by atoms with Crippen molar-refractivity contribution >= 4 is 11.8 Å². The Morgan fingerprint density at radius 1 is 1.33 bits per heavy atom. The molecule has 0 aliphatic rings. The molecule has 0 heterocycles. The highest BCUT2D eigenvalue weighted by Crippen LogP contribution is 2.08. The van der Waals surface area contributed by atoms with Gasteiger partial charge in [0.05, 0.1) is 5.69 Å². The van der Waals surface area contributed by atoms with Crippen LogP contribution in [0.3, 0.4) is 0 Å². The third kappa shape index (κ3) is 2.78. The van der Waals surface area contributed by atoms with Gasteiger partial charge < -0.3 is 5.11 Å². The summed E-state index contributed by atoms with van der Waals surface area (Å²) in [7, 11) is 0. The number of benzene rings is 1. The Labute approximate surface area is 68.7 Å². The lowest BCUT2D eigenvalue weighted by atomic mass is 10.3. The van der Waals surface area contributed by atoms with Crippen LogP contribution in [0.15, 0.2) is 40.7 Å². The highest BCUT2D eigenvalue weighted by molar-refractivity contribution is 5.63. The van der Waals surface area contributed by atoms with Crippen molar-refractivity contribution in [2.24, 2.45) is 10.3 Å². The summed E-state index contributed by atoms with van der Waals surface area (Å²) in [6, 6.07) is 8.84. The van der Waals surface area contributed by atoms with Gasteiger partial charge in [0.25, 0.3) is 0 Å². The highest BCUT2D eigenvalue weighted by atomic mass is 16.4. The molecule has 0 aliphatic heterocycles. The maximum atomic E-state index is 9.92. The topological polar surface area (TPSA) is 74.0 Å². The molecule has 2 N–H and O–H groups in total. The van der Waals surface area contributed by atoms with Crippen LogP contribution in [0.25, 0.3) is 0 Å². The van der Waals surface area contributed by atoms with Crippen LogP contribution < -0.4 is 5.43 Å². The molecular weight excluding hydrogens is 158 g/mol. The molecule has 1 aromatic carbocycles. The molecule has 0 unspecified atom stereocenters. The van der Waals surface area contributed by atoms with Crippen LogP contribution in [0.2, 0.25) is 0 Å². The summed E-state index contributed by atoms with van der Waals surface area (Å²) in [4.78, 5) is 9.92. The van der Waals surface area contributed by atoms with E-state index in [1.807, 2.05) is 6.07 Å². The number of nitrogens with one attached hydrogen (secondary N) is 1. The Kier molecular flexibility index (Phi) is 2.78. The number of hydrogen-bond donors (Lipinski definition) is 2. The molecule has 5 nitrogen and oxygen atoms in total. The van der Waals surface area contributed by atoms with Crippen molar-refractivity contribution in [1.82, 2.24) is 5.43 Å². The first-order valence-electron chi connectivity index (χ1n) is 3.24. The SMILES string of the molecule is O=C(O)NN=Nc1ccccc1. The van der Waals surface area contributed by atoms with Crippen LogP contribution in [0.1, 0.15) is 0 Å². The number of hydrogen-bond acceptors (Lipinski definition) is 3. The van der Waals surface area contributed by atoms with Gasteiger partial charge >= 0.3 is 6.09 Å². The van der Waals surface area contributed by atoms with Gasteiger partial charge in [-0.05, 0) is 12.1 Å². The van der Waals surface area contributed by atoms with E-state index in [-0.39, 0.29) is 0 Å². The van der Waals surface area contributed by atoms with Gasteiger partial charge in [0.15, 0.2) is 0 Å². The monoisotopic (exact) mass is 165 g/mol. The number of carbonyl (C=O) groups is 1. The van der Waals surface area contributed by atoms with E-state index in [1.165, 1.54) is 0 Å². The van der Waals surface area contributed by atoms with Crippen molar-refractivity contribution in [3.05, 3.63) is 30.3 Å². The minimum atomic E-state index is -1.23. The highest BCUT2D eigenvalue weighted by Gasteiger charge is 1.88.